The fraction of sp³-hybridized carbons (Fsp3) is 0.583. The van der Waals surface area contributed by atoms with Crippen molar-refractivity contribution in [1.82, 2.24) is 9.29 Å². The lowest BCUT2D eigenvalue weighted by molar-refractivity contribution is -0.0186. The van der Waals surface area contributed by atoms with Crippen molar-refractivity contribution in [3.05, 3.63) is 22.9 Å². The van der Waals surface area contributed by atoms with Crippen LogP contribution in [0.5, 0.6) is 0 Å². The van der Waals surface area contributed by atoms with Crippen molar-refractivity contribution in [2.75, 3.05) is 19.8 Å². The van der Waals surface area contributed by atoms with Gasteiger partial charge in [0.2, 0.25) is 10.0 Å². The van der Waals surface area contributed by atoms with Crippen molar-refractivity contribution < 1.29 is 13.2 Å². The van der Waals surface area contributed by atoms with Gasteiger partial charge in [-0.15, -0.1) is 0 Å². The molecule has 1 aliphatic rings. The zero-order valence-electron chi connectivity index (χ0n) is 11.0. The molecule has 5 nitrogen and oxygen atoms in total. The number of rotatable bonds is 3. The number of sulfonamides is 1. The monoisotopic (exact) mass is 348 g/mol. The van der Waals surface area contributed by atoms with E-state index in [0.717, 1.165) is 0 Å². The Balaban J connectivity index is 2.43. The zero-order chi connectivity index (χ0) is 14.1. The van der Waals surface area contributed by atoms with Gasteiger partial charge in [-0.1, -0.05) is 6.92 Å². The Morgan fingerprint density at radius 2 is 2.26 bits per heavy atom. The number of aromatic nitrogens is 1. The van der Waals surface area contributed by atoms with Crippen molar-refractivity contribution in [2.45, 2.75) is 30.7 Å². The van der Waals surface area contributed by atoms with E-state index in [9.17, 15) is 8.42 Å². The van der Waals surface area contributed by atoms with Crippen LogP contribution in [0.1, 0.15) is 20.3 Å². The molecule has 106 valence electrons. The van der Waals surface area contributed by atoms with E-state index < -0.39 is 15.6 Å². The first-order chi connectivity index (χ1) is 8.90. The summed E-state index contributed by atoms with van der Waals surface area (Å²) in [6.07, 6.45) is 3.65. The van der Waals surface area contributed by atoms with Gasteiger partial charge in [-0.05, 0) is 35.3 Å². The number of pyridine rings is 1. The summed E-state index contributed by atoms with van der Waals surface area (Å²) in [7, 11) is -3.54. The second-order valence-electron chi connectivity index (χ2n) is 4.82. The van der Waals surface area contributed by atoms with E-state index >= 15 is 0 Å². The second-order valence-corrected chi connectivity index (χ2v) is 7.60. The molecule has 2 rings (SSSR count). The molecule has 2 heterocycles. The molecule has 0 N–H and O–H groups in total. The fourth-order valence-electron chi connectivity index (χ4n) is 2.13. The van der Waals surface area contributed by atoms with Gasteiger partial charge in [-0.2, -0.15) is 4.31 Å². The quantitative estimate of drug-likeness (QED) is 0.838. The maximum absolute atomic E-state index is 12.7. The molecule has 1 aromatic heterocycles. The Morgan fingerprint density at radius 3 is 2.89 bits per heavy atom. The topological polar surface area (TPSA) is 59.5 Å². The minimum atomic E-state index is -3.54. The number of morpholine rings is 1. The molecule has 0 saturated carbocycles. The first-order valence-corrected chi connectivity index (χ1v) is 8.34. The van der Waals surface area contributed by atoms with Crippen molar-refractivity contribution in [1.29, 1.82) is 0 Å². The lowest BCUT2D eigenvalue weighted by atomic mass is 9.99. The van der Waals surface area contributed by atoms with Gasteiger partial charge in [0.15, 0.2) is 0 Å². The molecular weight excluding hydrogens is 332 g/mol. The molecule has 7 heteroatoms. The standard InChI is InChI=1S/C12H17BrN2O3S/c1-3-12(2)9-18-5-4-15(12)19(16,17)11-6-10(13)7-14-8-11/h6-8H,3-5,9H2,1-2H3. The van der Waals surface area contributed by atoms with E-state index in [2.05, 4.69) is 20.9 Å². The van der Waals surface area contributed by atoms with E-state index in [1.165, 1.54) is 10.5 Å². The third-order valence-corrected chi connectivity index (χ3v) is 5.94. The van der Waals surface area contributed by atoms with E-state index in [1.54, 1.807) is 12.3 Å². The van der Waals surface area contributed by atoms with Crippen molar-refractivity contribution >= 4 is 26.0 Å². The Bertz CT molecular complexity index is 564. The highest BCUT2D eigenvalue weighted by Crippen LogP contribution is 2.30. The van der Waals surface area contributed by atoms with E-state index in [1.807, 2.05) is 13.8 Å². The predicted octanol–water partition coefficient (Wildman–Crippen LogP) is 2.03. The van der Waals surface area contributed by atoms with Gasteiger partial charge in [0, 0.05) is 23.4 Å². The molecule has 1 aliphatic heterocycles. The zero-order valence-corrected chi connectivity index (χ0v) is 13.4. The molecule has 1 fully saturated rings. The lowest BCUT2D eigenvalue weighted by Gasteiger charge is -2.42. The molecule has 1 saturated heterocycles. The minimum absolute atomic E-state index is 0.212. The van der Waals surface area contributed by atoms with Gasteiger partial charge in [0.25, 0.3) is 0 Å². The van der Waals surface area contributed by atoms with Crippen molar-refractivity contribution in [3.8, 4) is 0 Å². The molecule has 0 amide bonds. The number of halogens is 1. The third kappa shape index (κ3) is 2.84. The van der Waals surface area contributed by atoms with E-state index in [4.69, 9.17) is 4.74 Å². The van der Waals surface area contributed by atoms with Crippen LogP contribution in [0.3, 0.4) is 0 Å². The molecule has 0 radical (unpaired) electrons. The smallest absolute Gasteiger partial charge is 0.245 e. The van der Waals surface area contributed by atoms with Crippen LogP contribution in [-0.4, -0.2) is 43.0 Å². The summed E-state index contributed by atoms with van der Waals surface area (Å²) >= 11 is 3.25. The summed E-state index contributed by atoms with van der Waals surface area (Å²) in [6.45, 7) is 5.10. The second kappa shape index (κ2) is 5.47. The Labute approximate surface area is 122 Å². The Hall–Kier alpha value is -0.500. The van der Waals surface area contributed by atoms with Crippen LogP contribution in [0.15, 0.2) is 27.8 Å². The maximum atomic E-state index is 12.7. The summed E-state index contributed by atoms with van der Waals surface area (Å²) < 4.78 is 33.1. The van der Waals surface area contributed by atoms with Crippen molar-refractivity contribution in [3.63, 3.8) is 0 Å². The van der Waals surface area contributed by atoms with E-state index in [0.29, 0.717) is 30.7 Å². The van der Waals surface area contributed by atoms with Gasteiger partial charge in [-0.25, -0.2) is 8.42 Å². The molecule has 1 unspecified atom stereocenters. The van der Waals surface area contributed by atoms with Crippen LogP contribution < -0.4 is 0 Å². The lowest BCUT2D eigenvalue weighted by Crippen LogP contribution is -2.56. The largest absolute Gasteiger partial charge is 0.378 e. The summed E-state index contributed by atoms with van der Waals surface area (Å²) in [5.41, 5.74) is -0.501. The Morgan fingerprint density at radius 1 is 1.53 bits per heavy atom. The summed E-state index contributed by atoms with van der Waals surface area (Å²) in [6, 6.07) is 1.58. The van der Waals surface area contributed by atoms with Crippen molar-refractivity contribution in [2.24, 2.45) is 0 Å². The van der Waals surface area contributed by atoms with Crippen LogP contribution in [0, 0.1) is 0 Å². The molecule has 0 bridgehead atoms. The minimum Gasteiger partial charge on any atom is -0.378 e. The molecule has 1 atom stereocenters. The fourth-order valence-corrected chi connectivity index (χ4v) is 4.45. The molecule has 1 aromatic rings. The summed E-state index contributed by atoms with van der Waals surface area (Å²) in [4.78, 5) is 4.15. The van der Waals surface area contributed by atoms with Crippen LogP contribution in [0.4, 0.5) is 0 Å². The highest BCUT2D eigenvalue weighted by atomic mass is 79.9. The van der Waals surface area contributed by atoms with Gasteiger partial charge >= 0.3 is 0 Å². The third-order valence-electron chi connectivity index (χ3n) is 3.48. The summed E-state index contributed by atoms with van der Waals surface area (Å²) in [5, 5.41) is 0. The van der Waals surface area contributed by atoms with Gasteiger partial charge < -0.3 is 4.74 Å². The van der Waals surface area contributed by atoms with Crippen LogP contribution in [0.25, 0.3) is 0 Å². The van der Waals surface area contributed by atoms with Crippen LogP contribution in [-0.2, 0) is 14.8 Å². The Kier molecular flexibility index (Phi) is 4.29. The van der Waals surface area contributed by atoms with Gasteiger partial charge in [0.05, 0.1) is 18.8 Å². The van der Waals surface area contributed by atoms with Crippen LogP contribution in [0.2, 0.25) is 0 Å². The first-order valence-electron chi connectivity index (χ1n) is 6.11. The first kappa shape index (κ1) is 14.9. The molecule has 19 heavy (non-hydrogen) atoms. The molecule has 0 spiro atoms. The SMILES string of the molecule is CCC1(C)COCCN1S(=O)(=O)c1cncc(Br)c1. The normalized spacial score (nSPS) is 25.4. The number of hydrogen-bond donors (Lipinski definition) is 0. The predicted molar refractivity (Wildman–Crippen MR) is 75.3 cm³/mol. The molecular formula is C12H17BrN2O3S. The number of ether oxygens (including phenoxy) is 1. The molecule has 0 aromatic carbocycles. The highest BCUT2D eigenvalue weighted by molar-refractivity contribution is 9.10. The maximum Gasteiger partial charge on any atom is 0.245 e. The average Bonchev–Trinajstić information content (AvgIpc) is 2.39. The average molecular weight is 349 g/mol. The number of hydrogen-bond acceptors (Lipinski definition) is 4. The van der Waals surface area contributed by atoms with Gasteiger partial charge in [-0.3, -0.25) is 4.98 Å². The molecule has 0 aliphatic carbocycles. The van der Waals surface area contributed by atoms with Crippen LogP contribution >= 0.6 is 15.9 Å². The van der Waals surface area contributed by atoms with E-state index in [-0.39, 0.29) is 4.90 Å². The summed E-state index contributed by atoms with van der Waals surface area (Å²) in [5.74, 6) is 0. The van der Waals surface area contributed by atoms with Gasteiger partial charge in [0.1, 0.15) is 4.90 Å². The number of nitrogens with zero attached hydrogens (tertiary/aromatic N) is 2. The highest BCUT2D eigenvalue weighted by Gasteiger charge is 2.42.